The van der Waals surface area contributed by atoms with Crippen LogP contribution in [0.5, 0.6) is 0 Å². The third-order valence-electron chi connectivity index (χ3n) is 2.78. The summed E-state index contributed by atoms with van der Waals surface area (Å²) in [5.74, 6) is 0. The molecule has 0 fully saturated rings. The summed E-state index contributed by atoms with van der Waals surface area (Å²) in [5.41, 5.74) is 0. The van der Waals surface area contributed by atoms with Crippen LogP contribution >= 0.6 is 0 Å². The van der Waals surface area contributed by atoms with Gasteiger partial charge in [-0.05, 0) is 12.8 Å². The van der Waals surface area contributed by atoms with E-state index in [1.165, 1.54) is 13.8 Å². The highest BCUT2D eigenvalue weighted by molar-refractivity contribution is 8.05. The summed E-state index contributed by atoms with van der Waals surface area (Å²) in [7, 11) is -20.1. The van der Waals surface area contributed by atoms with E-state index in [2.05, 4.69) is 8.37 Å². The summed E-state index contributed by atoms with van der Waals surface area (Å²) in [6.07, 6.45) is -0.990. The fourth-order valence-electron chi connectivity index (χ4n) is 1.66. The highest BCUT2D eigenvalue weighted by Gasteiger charge is 2.40. The molecule has 2 N–H and O–H groups in total. The van der Waals surface area contributed by atoms with Crippen molar-refractivity contribution >= 4 is 40.5 Å². The maximum atomic E-state index is 11.7. The molecule has 0 spiro atoms. The fourth-order valence-corrected chi connectivity index (χ4v) is 7.22. The van der Waals surface area contributed by atoms with Gasteiger partial charge in [0.25, 0.3) is 40.5 Å². The van der Waals surface area contributed by atoms with E-state index in [-0.39, 0.29) is 12.8 Å². The quantitative estimate of drug-likeness (QED) is 0.224. The highest BCUT2D eigenvalue weighted by Crippen LogP contribution is 2.19. The van der Waals surface area contributed by atoms with Gasteiger partial charge in [0.05, 0.1) is 0 Å². The van der Waals surface area contributed by atoms with Gasteiger partial charge < -0.3 is 0 Å². The zero-order valence-electron chi connectivity index (χ0n) is 13.3. The van der Waals surface area contributed by atoms with Crippen LogP contribution in [0.2, 0.25) is 0 Å². The van der Waals surface area contributed by atoms with E-state index in [1.807, 2.05) is 0 Å². The van der Waals surface area contributed by atoms with Gasteiger partial charge in [0.15, 0.2) is 6.79 Å². The first-order valence-corrected chi connectivity index (χ1v) is 12.7. The molecule has 2 unspecified atom stereocenters. The molecule has 25 heavy (non-hydrogen) atoms. The van der Waals surface area contributed by atoms with E-state index in [1.54, 1.807) is 0 Å². The zero-order valence-corrected chi connectivity index (χ0v) is 16.6. The molecule has 12 nitrogen and oxygen atoms in total. The predicted octanol–water partition coefficient (Wildman–Crippen LogP) is -0.335. The van der Waals surface area contributed by atoms with Crippen LogP contribution in [0.15, 0.2) is 0 Å². The second-order valence-electron chi connectivity index (χ2n) is 4.81. The first-order chi connectivity index (χ1) is 11.1. The van der Waals surface area contributed by atoms with Crippen molar-refractivity contribution < 1.29 is 51.1 Å². The Morgan fingerprint density at radius 1 is 0.680 bits per heavy atom. The molecule has 0 bridgehead atoms. The van der Waals surface area contributed by atoms with Crippen LogP contribution in [0.4, 0.5) is 0 Å². The Balaban J connectivity index is 5.26. The number of rotatable bonds is 12. The average molecular weight is 449 g/mol. The maximum Gasteiger partial charge on any atom is 0.289 e. The van der Waals surface area contributed by atoms with Gasteiger partial charge in [0, 0.05) is 0 Å². The first kappa shape index (κ1) is 24.6. The molecule has 0 amide bonds. The number of hydrogen-bond donors (Lipinski definition) is 2. The van der Waals surface area contributed by atoms with Crippen LogP contribution in [0.25, 0.3) is 0 Å². The van der Waals surface area contributed by atoms with Crippen molar-refractivity contribution in [3.05, 3.63) is 0 Å². The van der Waals surface area contributed by atoms with Gasteiger partial charge >= 0.3 is 0 Å². The second-order valence-corrected chi connectivity index (χ2v) is 12.2. The number of hydrogen-bond acceptors (Lipinski definition) is 10. The minimum atomic E-state index is -5.05. The Hall–Kier alpha value is -0.360. The van der Waals surface area contributed by atoms with Crippen molar-refractivity contribution in [2.75, 3.05) is 6.79 Å². The summed E-state index contributed by atoms with van der Waals surface area (Å²) in [6, 6.07) is 0. The van der Waals surface area contributed by atoms with E-state index in [0.29, 0.717) is 0 Å². The van der Waals surface area contributed by atoms with Gasteiger partial charge in [-0.1, -0.05) is 26.7 Å². The molecule has 0 saturated heterocycles. The lowest BCUT2D eigenvalue weighted by Gasteiger charge is -2.16. The second kappa shape index (κ2) is 9.03. The van der Waals surface area contributed by atoms with Gasteiger partial charge in [0.2, 0.25) is 9.16 Å². The fraction of sp³-hybridized carbons (Fsp3) is 1.00. The lowest BCUT2D eigenvalue weighted by atomic mass is 10.4. The van der Waals surface area contributed by atoms with E-state index in [4.69, 9.17) is 9.11 Å². The molecule has 152 valence electrons. The predicted molar refractivity (Wildman–Crippen MR) is 85.4 cm³/mol. The topological polar surface area (TPSA) is 195 Å². The molecule has 0 heterocycles. The summed E-state index contributed by atoms with van der Waals surface area (Å²) in [4.78, 5) is 0. The van der Waals surface area contributed by atoms with E-state index >= 15 is 0 Å². The molecule has 0 saturated carbocycles. The first-order valence-electron chi connectivity index (χ1n) is 6.78. The molecule has 0 aromatic rings. The Morgan fingerprint density at radius 2 is 0.960 bits per heavy atom. The van der Waals surface area contributed by atoms with Crippen molar-refractivity contribution in [2.45, 2.75) is 48.7 Å². The Kier molecular flexibility index (Phi) is 8.90. The average Bonchev–Trinajstić information content (AvgIpc) is 2.38. The molecular weight excluding hydrogens is 428 g/mol. The smallest absolute Gasteiger partial charge is 0.284 e. The molecule has 0 aliphatic carbocycles. The molecule has 0 aliphatic heterocycles. The molecule has 0 aromatic heterocycles. The van der Waals surface area contributed by atoms with Crippen molar-refractivity contribution in [2.24, 2.45) is 0 Å². The standard InChI is InChI=1S/C9H20O12S4/c1-3-5-8(22(10,11)12)24(16,17)20-7-21-25(18,19)9(6-4-2)23(13,14)15/h8-9H,3-7H2,1-2H3,(H,10,11,12)(H,13,14,15). The SMILES string of the molecule is CCCC(S(=O)(=O)O)S(=O)(=O)OCOS(=O)(=O)C(CCC)S(=O)(=O)O. The van der Waals surface area contributed by atoms with E-state index in [0.717, 1.165) is 0 Å². The maximum absolute atomic E-state index is 11.7. The Morgan fingerprint density at radius 3 is 1.16 bits per heavy atom. The van der Waals surface area contributed by atoms with Crippen LogP contribution in [0.1, 0.15) is 39.5 Å². The normalized spacial score (nSPS) is 16.5. The van der Waals surface area contributed by atoms with Crippen molar-refractivity contribution in [1.82, 2.24) is 0 Å². The monoisotopic (exact) mass is 448 g/mol. The largest absolute Gasteiger partial charge is 0.289 e. The third kappa shape index (κ3) is 7.81. The van der Waals surface area contributed by atoms with Gasteiger partial charge in [0.1, 0.15) is 0 Å². The van der Waals surface area contributed by atoms with Crippen molar-refractivity contribution in [3.63, 3.8) is 0 Å². The third-order valence-corrected chi connectivity index (χ3v) is 10.1. The lowest BCUT2D eigenvalue weighted by molar-refractivity contribution is 0.130. The summed E-state index contributed by atoms with van der Waals surface area (Å²) < 4.78 is 113. The molecular formula is C9H20O12S4. The van der Waals surface area contributed by atoms with E-state index < -0.39 is 69.3 Å². The van der Waals surface area contributed by atoms with Crippen LogP contribution in [0, 0.1) is 0 Å². The van der Waals surface area contributed by atoms with Gasteiger partial charge in [-0.15, -0.1) is 0 Å². The molecule has 0 aromatic carbocycles. The van der Waals surface area contributed by atoms with Crippen LogP contribution in [0.3, 0.4) is 0 Å². The van der Waals surface area contributed by atoms with Crippen LogP contribution in [-0.4, -0.2) is 58.7 Å². The van der Waals surface area contributed by atoms with E-state index in [9.17, 15) is 33.7 Å². The summed E-state index contributed by atoms with van der Waals surface area (Å²) in [6.45, 7) is 1.29. The molecule has 0 rings (SSSR count). The molecule has 16 heteroatoms. The van der Waals surface area contributed by atoms with Crippen LogP contribution in [-0.2, 0) is 48.8 Å². The Labute approximate surface area is 147 Å². The van der Waals surface area contributed by atoms with Gasteiger partial charge in [-0.3, -0.25) is 9.11 Å². The van der Waals surface area contributed by atoms with Crippen LogP contribution < -0.4 is 0 Å². The summed E-state index contributed by atoms with van der Waals surface area (Å²) >= 11 is 0. The lowest BCUT2D eigenvalue weighted by Crippen LogP contribution is -2.34. The molecule has 2 atom stereocenters. The van der Waals surface area contributed by atoms with Gasteiger partial charge in [-0.25, -0.2) is 8.37 Å². The highest BCUT2D eigenvalue weighted by atomic mass is 32.3. The Bertz CT molecular complexity index is 764. The zero-order chi connectivity index (χ0) is 20.1. The summed E-state index contributed by atoms with van der Waals surface area (Å²) in [5, 5.41) is 0. The minimum absolute atomic E-state index is 0.0353. The van der Waals surface area contributed by atoms with Gasteiger partial charge in [-0.2, -0.15) is 33.7 Å². The van der Waals surface area contributed by atoms with Crippen molar-refractivity contribution in [1.29, 1.82) is 0 Å². The molecule has 0 aliphatic rings. The minimum Gasteiger partial charge on any atom is -0.284 e. The van der Waals surface area contributed by atoms with Crippen molar-refractivity contribution in [3.8, 4) is 0 Å². The molecule has 0 radical (unpaired) electrons.